The number of carbonyl (C=O) groups is 1. The minimum atomic E-state index is -2.93. The van der Waals surface area contributed by atoms with Gasteiger partial charge in [-0.25, -0.2) is 0 Å². The summed E-state index contributed by atoms with van der Waals surface area (Å²) in [5.41, 5.74) is 0.607. The molecule has 0 aliphatic rings. The predicted molar refractivity (Wildman–Crippen MR) is 75.1 cm³/mol. The number of amides is 1. The number of hydrogen-bond donors (Lipinski definition) is 1. The summed E-state index contributed by atoms with van der Waals surface area (Å²) in [5.74, 6) is 2.06. The summed E-state index contributed by atoms with van der Waals surface area (Å²) in [5, 5.41) is 2.46. The Kier molecular flexibility index (Phi) is 6.75. The van der Waals surface area contributed by atoms with Gasteiger partial charge in [-0.05, 0) is 30.7 Å². The van der Waals surface area contributed by atoms with E-state index in [1.807, 2.05) is 0 Å². The fraction of sp³-hybridized carbons (Fsp3) is 0.267. The Hall–Kier alpha value is -2.55. The van der Waals surface area contributed by atoms with Crippen LogP contribution in [0, 0.1) is 12.3 Å². The van der Waals surface area contributed by atoms with Crippen molar-refractivity contribution in [3.8, 4) is 23.8 Å². The number of carbonyl (C=O) groups excluding carboxylic acids is 1. The summed E-state index contributed by atoms with van der Waals surface area (Å²) in [7, 11) is 0. The van der Waals surface area contributed by atoms with Crippen LogP contribution in [0.4, 0.5) is 8.78 Å². The maximum absolute atomic E-state index is 12.3. The van der Waals surface area contributed by atoms with E-state index in [0.717, 1.165) is 0 Å². The molecule has 0 saturated carbocycles. The van der Waals surface area contributed by atoms with Crippen molar-refractivity contribution in [1.29, 1.82) is 0 Å². The van der Waals surface area contributed by atoms with Crippen molar-refractivity contribution in [3.63, 3.8) is 0 Å². The van der Waals surface area contributed by atoms with E-state index < -0.39 is 6.61 Å². The molecule has 21 heavy (non-hydrogen) atoms. The van der Waals surface area contributed by atoms with E-state index in [2.05, 4.69) is 16.0 Å². The van der Waals surface area contributed by atoms with Gasteiger partial charge in [-0.15, -0.1) is 6.42 Å². The van der Waals surface area contributed by atoms with Gasteiger partial charge < -0.3 is 14.8 Å². The van der Waals surface area contributed by atoms with Gasteiger partial charge in [0.25, 0.3) is 0 Å². The van der Waals surface area contributed by atoms with E-state index in [0.29, 0.717) is 12.2 Å². The summed E-state index contributed by atoms with van der Waals surface area (Å²) >= 11 is 0. The number of halogens is 2. The Morgan fingerprint density at radius 3 is 2.86 bits per heavy atom. The summed E-state index contributed by atoms with van der Waals surface area (Å²) in [4.78, 5) is 11.3. The lowest BCUT2D eigenvalue weighted by Crippen LogP contribution is -2.20. The Labute approximate surface area is 121 Å². The van der Waals surface area contributed by atoms with Crippen molar-refractivity contribution in [3.05, 3.63) is 29.8 Å². The van der Waals surface area contributed by atoms with E-state index in [4.69, 9.17) is 11.2 Å². The van der Waals surface area contributed by atoms with E-state index in [9.17, 15) is 13.6 Å². The Bertz CT molecular complexity index is 550. The zero-order valence-electron chi connectivity index (χ0n) is 11.4. The van der Waals surface area contributed by atoms with Crippen LogP contribution >= 0.6 is 0 Å². The number of ether oxygens (including phenoxy) is 2. The van der Waals surface area contributed by atoms with Gasteiger partial charge in [0.2, 0.25) is 5.91 Å². The molecule has 0 saturated heterocycles. The van der Waals surface area contributed by atoms with Gasteiger partial charge >= 0.3 is 6.61 Å². The highest BCUT2D eigenvalue weighted by atomic mass is 19.3. The smallest absolute Gasteiger partial charge is 0.387 e. The Morgan fingerprint density at radius 1 is 1.48 bits per heavy atom. The van der Waals surface area contributed by atoms with Crippen LogP contribution in [-0.2, 0) is 4.79 Å². The highest BCUT2D eigenvalue weighted by molar-refractivity contribution is 5.91. The lowest BCUT2D eigenvalue weighted by Gasteiger charge is -2.11. The average Bonchev–Trinajstić information content (AvgIpc) is 2.45. The molecule has 1 amide bonds. The summed E-state index contributed by atoms with van der Waals surface area (Å²) < 4.78 is 34.1. The molecule has 0 aliphatic heterocycles. The largest absolute Gasteiger partial charge is 0.490 e. The summed E-state index contributed by atoms with van der Waals surface area (Å²) in [6, 6.07) is 4.40. The molecule has 112 valence electrons. The lowest BCUT2D eigenvalue weighted by atomic mass is 10.2. The number of benzene rings is 1. The van der Waals surface area contributed by atoms with Gasteiger partial charge in [-0.2, -0.15) is 8.78 Å². The molecule has 1 rings (SSSR count). The third-order valence-electron chi connectivity index (χ3n) is 2.28. The third kappa shape index (κ3) is 5.95. The number of rotatable bonds is 7. The topological polar surface area (TPSA) is 47.6 Å². The van der Waals surface area contributed by atoms with E-state index in [1.165, 1.54) is 30.4 Å². The van der Waals surface area contributed by atoms with Gasteiger partial charge in [0.1, 0.15) is 0 Å². The fourth-order valence-electron chi connectivity index (χ4n) is 1.46. The first-order chi connectivity index (χ1) is 10.1. The van der Waals surface area contributed by atoms with Crippen molar-refractivity contribution < 1.29 is 23.0 Å². The average molecular weight is 295 g/mol. The van der Waals surface area contributed by atoms with Crippen LogP contribution < -0.4 is 14.8 Å². The number of terminal acetylenes is 1. The summed E-state index contributed by atoms with van der Waals surface area (Å²) in [6.07, 6.45) is 7.82. The molecule has 1 aromatic rings. The molecule has 1 N–H and O–H groups in total. The van der Waals surface area contributed by atoms with Gasteiger partial charge in [-0.1, -0.05) is 12.0 Å². The van der Waals surface area contributed by atoms with Crippen molar-refractivity contribution in [2.24, 2.45) is 0 Å². The van der Waals surface area contributed by atoms with Gasteiger partial charge in [0, 0.05) is 6.08 Å². The SMILES string of the molecule is C#CCNC(=O)C=Cc1ccc(OC(F)F)c(OCC)c1. The molecule has 4 nitrogen and oxygen atoms in total. The second-order valence-corrected chi connectivity index (χ2v) is 3.77. The molecule has 0 atom stereocenters. The molecule has 0 radical (unpaired) electrons. The Balaban J connectivity index is 2.85. The highest BCUT2D eigenvalue weighted by Crippen LogP contribution is 2.30. The first-order valence-electron chi connectivity index (χ1n) is 6.17. The highest BCUT2D eigenvalue weighted by Gasteiger charge is 2.10. The molecule has 0 aromatic heterocycles. The van der Waals surface area contributed by atoms with Crippen molar-refractivity contribution in [1.82, 2.24) is 5.32 Å². The minimum absolute atomic E-state index is 0.0548. The quantitative estimate of drug-likeness (QED) is 0.621. The van der Waals surface area contributed by atoms with Crippen LogP contribution in [0.15, 0.2) is 24.3 Å². The molecule has 0 fully saturated rings. The first kappa shape index (κ1) is 16.5. The molecule has 0 unspecified atom stereocenters. The number of alkyl halides is 2. The molecular weight excluding hydrogens is 280 g/mol. The van der Waals surface area contributed by atoms with Crippen molar-refractivity contribution in [2.75, 3.05) is 13.2 Å². The van der Waals surface area contributed by atoms with Crippen molar-refractivity contribution in [2.45, 2.75) is 13.5 Å². The first-order valence-corrected chi connectivity index (χ1v) is 6.17. The predicted octanol–water partition coefficient (Wildman–Crippen LogP) is 2.45. The number of nitrogens with one attached hydrogen (secondary N) is 1. The molecular formula is C15H15F2NO3. The normalized spacial score (nSPS) is 10.4. The second-order valence-electron chi connectivity index (χ2n) is 3.77. The standard InChI is InChI=1S/C15H15F2NO3/c1-3-9-18-14(19)8-6-11-5-7-12(21-15(16)17)13(10-11)20-4-2/h1,5-8,10,15H,4,9H2,2H3,(H,18,19). The molecule has 0 aliphatic carbocycles. The maximum Gasteiger partial charge on any atom is 0.387 e. The third-order valence-corrected chi connectivity index (χ3v) is 2.28. The van der Waals surface area contributed by atoms with Crippen LogP contribution in [0.5, 0.6) is 11.5 Å². The van der Waals surface area contributed by atoms with Gasteiger partial charge in [-0.3, -0.25) is 4.79 Å². The molecule has 0 spiro atoms. The van der Waals surface area contributed by atoms with Crippen LogP contribution in [0.25, 0.3) is 6.08 Å². The second kappa shape index (κ2) is 8.59. The van der Waals surface area contributed by atoms with Gasteiger partial charge in [0.15, 0.2) is 11.5 Å². The Morgan fingerprint density at radius 2 is 2.24 bits per heavy atom. The molecule has 6 heteroatoms. The van der Waals surface area contributed by atoms with E-state index in [-0.39, 0.29) is 24.0 Å². The molecule has 0 heterocycles. The van der Waals surface area contributed by atoms with Crippen LogP contribution in [0.1, 0.15) is 12.5 Å². The minimum Gasteiger partial charge on any atom is -0.490 e. The van der Waals surface area contributed by atoms with Crippen LogP contribution in [0.3, 0.4) is 0 Å². The van der Waals surface area contributed by atoms with Crippen molar-refractivity contribution >= 4 is 12.0 Å². The summed E-state index contributed by atoms with van der Waals surface area (Å²) in [6.45, 7) is -0.772. The molecule has 0 bridgehead atoms. The van der Waals surface area contributed by atoms with E-state index in [1.54, 1.807) is 6.92 Å². The lowest BCUT2D eigenvalue weighted by molar-refractivity contribution is -0.116. The monoisotopic (exact) mass is 295 g/mol. The number of hydrogen-bond acceptors (Lipinski definition) is 3. The van der Waals surface area contributed by atoms with Crippen LogP contribution in [-0.4, -0.2) is 25.7 Å². The maximum atomic E-state index is 12.3. The zero-order valence-corrected chi connectivity index (χ0v) is 11.4. The van der Waals surface area contributed by atoms with Crippen LogP contribution in [0.2, 0.25) is 0 Å². The van der Waals surface area contributed by atoms with E-state index >= 15 is 0 Å². The fourth-order valence-corrected chi connectivity index (χ4v) is 1.46. The molecule has 1 aromatic carbocycles. The zero-order chi connectivity index (χ0) is 15.7. The van der Waals surface area contributed by atoms with Gasteiger partial charge in [0.05, 0.1) is 13.2 Å².